The smallest absolute Gasteiger partial charge is 0.182 e. The monoisotopic (exact) mass is 226 g/mol. The van der Waals surface area contributed by atoms with E-state index in [1.165, 1.54) is 0 Å². The molecule has 2 aromatic heterocycles. The van der Waals surface area contributed by atoms with Crippen LogP contribution in [-0.2, 0) is 0 Å². The molecule has 0 unspecified atom stereocenters. The second-order valence-electron chi connectivity index (χ2n) is 3.70. The van der Waals surface area contributed by atoms with Gasteiger partial charge in [-0.25, -0.2) is 4.98 Å². The van der Waals surface area contributed by atoms with E-state index in [0.717, 1.165) is 5.56 Å². The Labute approximate surface area is 97.1 Å². The number of hydrogen-bond donors (Lipinski definition) is 2. The zero-order valence-corrected chi connectivity index (χ0v) is 8.91. The molecule has 5 nitrogen and oxygen atoms in total. The number of hydrogen-bond acceptors (Lipinski definition) is 4. The van der Waals surface area contributed by atoms with E-state index >= 15 is 0 Å². The van der Waals surface area contributed by atoms with Crippen LogP contribution in [0.1, 0.15) is 0 Å². The van der Waals surface area contributed by atoms with Gasteiger partial charge in [0.1, 0.15) is 11.6 Å². The Bertz CT molecular complexity index is 673. The van der Waals surface area contributed by atoms with Crippen molar-refractivity contribution in [3.05, 3.63) is 42.5 Å². The van der Waals surface area contributed by atoms with Gasteiger partial charge < -0.3 is 10.8 Å². The summed E-state index contributed by atoms with van der Waals surface area (Å²) in [4.78, 5) is 4.36. The number of fused-ring (bicyclic) bond motifs is 1. The number of rotatable bonds is 1. The molecule has 17 heavy (non-hydrogen) atoms. The molecule has 0 amide bonds. The third-order valence-electron chi connectivity index (χ3n) is 2.51. The Kier molecular flexibility index (Phi) is 1.98. The van der Waals surface area contributed by atoms with Crippen molar-refractivity contribution in [3.63, 3.8) is 0 Å². The molecule has 84 valence electrons. The van der Waals surface area contributed by atoms with Crippen LogP contribution in [0.25, 0.3) is 17.0 Å². The number of aromatic nitrogens is 3. The Morgan fingerprint density at radius 3 is 2.53 bits per heavy atom. The Morgan fingerprint density at radius 2 is 1.82 bits per heavy atom. The van der Waals surface area contributed by atoms with Crippen LogP contribution >= 0.6 is 0 Å². The van der Waals surface area contributed by atoms with Gasteiger partial charge in [0.05, 0.1) is 0 Å². The first-order valence-corrected chi connectivity index (χ1v) is 5.15. The summed E-state index contributed by atoms with van der Waals surface area (Å²) in [6, 6.07) is 12.2. The molecule has 0 saturated carbocycles. The van der Waals surface area contributed by atoms with E-state index in [9.17, 15) is 5.11 Å². The molecule has 0 bridgehead atoms. The third kappa shape index (κ3) is 1.57. The highest BCUT2D eigenvalue weighted by molar-refractivity contribution is 5.60. The highest BCUT2D eigenvalue weighted by atomic mass is 16.3. The van der Waals surface area contributed by atoms with Crippen molar-refractivity contribution in [2.24, 2.45) is 0 Å². The van der Waals surface area contributed by atoms with Crippen LogP contribution in [0.5, 0.6) is 5.75 Å². The number of nitrogens with two attached hydrogens (primary N) is 1. The molecule has 5 heteroatoms. The van der Waals surface area contributed by atoms with Gasteiger partial charge >= 0.3 is 0 Å². The molecule has 1 aromatic carbocycles. The van der Waals surface area contributed by atoms with E-state index in [1.54, 1.807) is 34.8 Å². The highest BCUT2D eigenvalue weighted by Gasteiger charge is 2.07. The highest BCUT2D eigenvalue weighted by Crippen LogP contribution is 2.20. The SMILES string of the molecule is Nc1cccc2nc(-c3ccc(O)cc3)nn12. The predicted molar refractivity (Wildman–Crippen MR) is 64.5 cm³/mol. The molecule has 0 radical (unpaired) electrons. The summed E-state index contributed by atoms with van der Waals surface area (Å²) in [5.41, 5.74) is 7.33. The summed E-state index contributed by atoms with van der Waals surface area (Å²) in [7, 11) is 0. The second-order valence-corrected chi connectivity index (χ2v) is 3.70. The molecule has 3 aromatic rings. The van der Waals surface area contributed by atoms with Crippen molar-refractivity contribution < 1.29 is 5.11 Å². The number of phenols is 1. The summed E-state index contributed by atoms with van der Waals surface area (Å²) in [5, 5.41) is 13.5. The molecule has 0 saturated heterocycles. The minimum atomic E-state index is 0.219. The number of anilines is 1. The Morgan fingerprint density at radius 1 is 1.06 bits per heavy atom. The fourth-order valence-corrected chi connectivity index (χ4v) is 1.66. The lowest BCUT2D eigenvalue weighted by Gasteiger charge is -1.95. The van der Waals surface area contributed by atoms with Crippen molar-refractivity contribution in [2.75, 3.05) is 5.73 Å². The van der Waals surface area contributed by atoms with Gasteiger partial charge in [0.2, 0.25) is 0 Å². The third-order valence-corrected chi connectivity index (χ3v) is 2.51. The van der Waals surface area contributed by atoms with Crippen LogP contribution in [0.15, 0.2) is 42.5 Å². The number of nitrogen functional groups attached to an aromatic ring is 1. The van der Waals surface area contributed by atoms with Crippen molar-refractivity contribution >= 4 is 11.5 Å². The lowest BCUT2D eigenvalue weighted by Crippen LogP contribution is -1.97. The van der Waals surface area contributed by atoms with Gasteiger partial charge in [-0.15, -0.1) is 5.10 Å². The van der Waals surface area contributed by atoms with Gasteiger partial charge in [0.15, 0.2) is 11.5 Å². The summed E-state index contributed by atoms with van der Waals surface area (Å²) in [5.74, 6) is 1.35. The summed E-state index contributed by atoms with van der Waals surface area (Å²) >= 11 is 0. The lowest BCUT2D eigenvalue weighted by molar-refractivity contribution is 0.475. The van der Waals surface area contributed by atoms with Crippen LogP contribution in [0.2, 0.25) is 0 Å². The maximum Gasteiger partial charge on any atom is 0.182 e. The molecule has 0 aliphatic carbocycles. The van der Waals surface area contributed by atoms with Crippen LogP contribution in [0.3, 0.4) is 0 Å². The molecule has 0 aliphatic rings. The summed E-state index contributed by atoms with van der Waals surface area (Å²) in [6.07, 6.45) is 0. The van der Waals surface area contributed by atoms with Crippen LogP contribution in [0.4, 0.5) is 5.82 Å². The van der Waals surface area contributed by atoms with Crippen molar-refractivity contribution in [2.45, 2.75) is 0 Å². The lowest BCUT2D eigenvalue weighted by atomic mass is 10.2. The van der Waals surface area contributed by atoms with E-state index in [-0.39, 0.29) is 5.75 Å². The summed E-state index contributed by atoms with van der Waals surface area (Å²) in [6.45, 7) is 0. The summed E-state index contributed by atoms with van der Waals surface area (Å²) < 4.78 is 1.59. The van der Waals surface area contributed by atoms with E-state index in [1.807, 2.05) is 12.1 Å². The molecular formula is C12H10N4O. The number of benzene rings is 1. The van der Waals surface area contributed by atoms with E-state index < -0.39 is 0 Å². The molecule has 0 spiro atoms. The van der Waals surface area contributed by atoms with Crippen molar-refractivity contribution in [1.82, 2.24) is 14.6 Å². The number of nitrogens with zero attached hydrogens (tertiary/aromatic N) is 3. The van der Waals surface area contributed by atoms with Crippen LogP contribution in [0, 0.1) is 0 Å². The molecule has 0 atom stereocenters. The first-order valence-electron chi connectivity index (χ1n) is 5.15. The molecule has 0 fully saturated rings. The first-order chi connectivity index (χ1) is 8.24. The van der Waals surface area contributed by atoms with Crippen LogP contribution < -0.4 is 5.73 Å². The number of aromatic hydroxyl groups is 1. The topological polar surface area (TPSA) is 76.4 Å². The van der Waals surface area contributed by atoms with Gasteiger partial charge in [0.25, 0.3) is 0 Å². The van der Waals surface area contributed by atoms with E-state index in [0.29, 0.717) is 17.3 Å². The molecule has 0 aliphatic heterocycles. The standard InChI is InChI=1S/C12H10N4O/c13-10-2-1-3-11-14-12(15-16(10)11)8-4-6-9(17)7-5-8/h1-7,17H,13H2. The fraction of sp³-hybridized carbons (Fsp3) is 0. The minimum absolute atomic E-state index is 0.219. The molecule has 2 heterocycles. The van der Waals surface area contributed by atoms with Crippen LogP contribution in [-0.4, -0.2) is 19.7 Å². The normalized spacial score (nSPS) is 10.8. The minimum Gasteiger partial charge on any atom is -0.508 e. The average Bonchev–Trinajstić information content (AvgIpc) is 2.75. The maximum absolute atomic E-state index is 9.22. The van der Waals surface area contributed by atoms with E-state index in [2.05, 4.69) is 10.1 Å². The largest absolute Gasteiger partial charge is 0.508 e. The number of pyridine rings is 1. The Hall–Kier alpha value is -2.56. The zero-order valence-electron chi connectivity index (χ0n) is 8.91. The van der Waals surface area contributed by atoms with Gasteiger partial charge in [-0.1, -0.05) is 6.07 Å². The molecular weight excluding hydrogens is 216 g/mol. The first kappa shape index (κ1) is 9.65. The van der Waals surface area contributed by atoms with Crippen molar-refractivity contribution in [1.29, 1.82) is 0 Å². The van der Waals surface area contributed by atoms with Crippen molar-refractivity contribution in [3.8, 4) is 17.1 Å². The fourth-order valence-electron chi connectivity index (χ4n) is 1.66. The Balaban J connectivity index is 2.18. The molecule has 3 N–H and O–H groups in total. The second kappa shape index (κ2) is 3.48. The van der Waals surface area contributed by atoms with E-state index in [4.69, 9.17) is 5.73 Å². The average molecular weight is 226 g/mol. The number of phenolic OH excluding ortho intramolecular Hbond substituents is 1. The van der Waals surface area contributed by atoms with Gasteiger partial charge in [0, 0.05) is 5.56 Å². The predicted octanol–water partition coefficient (Wildman–Crippen LogP) is 1.68. The quantitative estimate of drug-likeness (QED) is 0.662. The van der Waals surface area contributed by atoms with Gasteiger partial charge in [-0.05, 0) is 36.4 Å². The maximum atomic E-state index is 9.22. The molecule has 3 rings (SSSR count). The van der Waals surface area contributed by atoms with Gasteiger partial charge in [-0.3, -0.25) is 0 Å². The van der Waals surface area contributed by atoms with Gasteiger partial charge in [-0.2, -0.15) is 4.52 Å². The zero-order chi connectivity index (χ0) is 11.8.